The number of hydrazone groups is 1. The minimum atomic E-state index is -0.432. The fourth-order valence-electron chi connectivity index (χ4n) is 1.85. The first kappa shape index (κ1) is 19.9. The van der Waals surface area contributed by atoms with Crippen molar-refractivity contribution in [2.45, 2.75) is 32.1 Å². The molecular formula is C15H20BrN3O5. The number of amides is 2. The number of carbonyl (C=O) groups is 2. The smallest absolute Gasteiger partial charge is 0.243 e. The van der Waals surface area contributed by atoms with Crippen LogP contribution in [0.3, 0.4) is 0 Å². The molecule has 8 nitrogen and oxygen atoms in total. The van der Waals surface area contributed by atoms with Crippen LogP contribution < -0.4 is 15.6 Å². The number of phenols is 1. The van der Waals surface area contributed by atoms with Crippen LogP contribution in [0.15, 0.2) is 21.7 Å². The molecule has 0 aliphatic rings. The highest BCUT2D eigenvalue weighted by atomic mass is 79.9. The highest BCUT2D eigenvalue weighted by Crippen LogP contribution is 2.31. The first-order chi connectivity index (χ1) is 11.5. The zero-order chi connectivity index (χ0) is 17.9. The number of halogens is 1. The van der Waals surface area contributed by atoms with Crippen molar-refractivity contribution in [2.75, 3.05) is 7.11 Å². The topological polar surface area (TPSA) is 120 Å². The Morgan fingerprint density at radius 3 is 2.54 bits per heavy atom. The van der Waals surface area contributed by atoms with E-state index in [9.17, 15) is 14.7 Å². The Kier molecular flexibility index (Phi) is 8.80. The van der Waals surface area contributed by atoms with Crippen molar-refractivity contribution in [3.8, 4) is 11.5 Å². The molecule has 0 aliphatic heterocycles. The van der Waals surface area contributed by atoms with E-state index in [0.717, 1.165) is 0 Å². The molecule has 0 aromatic heterocycles. The Morgan fingerprint density at radius 1 is 1.25 bits per heavy atom. The van der Waals surface area contributed by atoms with Crippen LogP contribution in [0.2, 0.25) is 0 Å². The molecule has 2 amide bonds. The van der Waals surface area contributed by atoms with E-state index in [-0.39, 0.29) is 24.5 Å². The number of rotatable bonds is 9. The number of hydrogen-bond donors (Lipinski definition) is 4. The van der Waals surface area contributed by atoms with Crippen LogP contribution in [0.4, 0.5) is 0 Å². The van der Waals surface area contributed by atoms with Crippen LogP contribution in [0.1, 0.15) is 37.7 Å². The zero-order valence-electron chi connectivity index (χ0n) is 13.2. The van der Waals surface area contributed by atoms with Crippen LogP contribution in [0.5, 0.6) is 11.5 Å². The molecule has 0 aliphatic carbocycles. The Labute approximate surface area is 148 Å². The number of carbonyl (C=O) groups excluding carboxylic acids is 2. The first-order valence-corrected chi connectivity index (χ1v) is 8.08. The second-order valence-electron chi connectivity index (χ2n) is 4.93. The van der Waals surface area contributed by atoms with Gasteiger partial charge < -0.3 is 9.84 Å². The van der Waals surface area contributed by atoms with Gasteiger partial charge in [-0.15, -0.1) is 0 Å². The Bertz CT molecular complexity index is 607. The molecule has 4 N–H and O–H groups in total. The average Bonchev–Trinajstić information content (AvgIpc) is 2.56. The van der Waals surface area contributed by atoms with Gasteiger partial charge in [0.25, 0.3) is 0 Å². The summed E-state index contributed by atoms with van der Waals surface area (Å²) >= 11 is 3.28. The van der Waals surface area contributed by atoms with Gasteiger partial charge in [0.05, 0.1) is 13.3 Å². The molecule has 1 aromatic carbocycles. The van der Waals surface area contributed by atoms with E-state index >= 15 is 0 Å². The molecule has 0 bridgehead atoms. The highest BCUT2D eigenvalue weighted by molar-refractivity contribution is 9.10. The minimum Gasteiger partial charge on any atom is -0.504 e. The van der Waals surface area contributed by atoms with E-state index in [4.69, 9.17) is 9.94 Å². The van der Waals surface area contributed by atoms with Crippen LogP contribution >= 0.6 is 15.9 Å². The van der Waals surface area contributed by atoms with Crippen molar-refractivity contribution in [3.63, 3.8) is 0 Å². The number of nitrogens with zero attached hydrogens (tertiary/aromatic N) is 1. The van der Waals surface area contributed by atoms with Gasteiger partial charge >= 0.3 is 0 Å². The standard InChI is InChI=1S/C15H20BrN3O5/c1-24-13-7-10(11(16)8-12(13)20)9-17-18-14(21)5-3-2-4-6-15(22)19-23/h7-9,20,23H,2-6H2,1H3,(H,18,21)(H,19,22)/b17-9+. The number of methoxy groups -OCH3 is 1. The molecule has 0 atom stereocenters. The van der Waals surface area contributed by atoms with Gasteiger partial charge in [0.15, 0.2) is 11.5 Å². The van der Waals surface area contributed by atoms with E-state index in [0.29, 0.717) is 35.0 Å². The molecule has 0 unspecified atom stereocenters. The molecule has 1 aromatic rings. The summed E-state index contributed by atoms with van der Waals surface area (Å²) in [6.45, 7) is 0. The normalized spacial score (nSPS) is 10.6. The molecule has 132 valence electrons. The fourth-order valence-corrected chi connectivity index (χ4v) is 2.29. The lowest BCUT2D eigenvalue weighted by Gasteiger charge is -2.06. The molecule has 0 saturated heterocycles. The largest absolute Gasteiger partial charge is 0.504 e. The van der Waals surface area contributed by atoms with E-state index in [1.807, 2.05) is 0 Å². The van der Waals surface area contributed by atoms with Crippen molar-refractivity contribution < 1.29 is 24.6 Å². The summed E-state index contributed by atoms with van der Waals surface area (Å²) in [6.07, 6.45) is 3.88. The van der Waals surface area contributed by atoms with Crippen molar-refractivity contribution in [3.05, 3.63) is 22.2 Å². The molecule has 24 heavy (non-hydrogen) atoms. The molecule has 0 spiro atoms. The summed E-state index contributed by atoms with van der Waals surface area (Å²) in [5.41, 5.74) is 4.61. The number of hydroxylamine groups is 1. The number of aromatic hydroxyl groups is 1. The predicted octanol–water partition coefficient (Wildman–Crippen LogP) is 2.07. The number of benzene rings is 1. The highest BCUT2D eigenvalue weighted by Gasteiger charge is 2.07. The van der Waals surface area contributed by atoms with E-state index in [2.05, 4.69) is 26.5 Å². The SMILES string of the molecule is COc1cc(/C=N/NC(=O)CCCCCC(=O)NO)c(Br)cc1O. The van der Waals surface area contributed by atoms with Crippen molar-refractivity contribution in [1.29, 1.82) is 0 Å². The van der Waals surface area contributed by atoms with Gasteiger partial charge in [-0.3, -0.25) is 14.8 Å². The van der Waals surface area contributed by atoms with Crippen molar-refractivity contribution in [2.24, 2.45) is 5.10 Å². The Balaban J connectivity index is 2.36. The monoisotopic (exact) mass is 401 g/mol. The lowest BCUT2D eigenvalue weighted by molar-refractivity contribution is -0.129. The predicted molar refractivity (Wildman–Crippen MR) is 91.1 cm³/mol. The third-order valence-corrected chi connectivity index (χ3v) is 3.81. The van der Waals surface area contributed by atoms with Gasteiger partial charge in [0.2, 0.25) is 11.8 Å². The quantitative estimate of drug-likeness (QED) is 0.218. The van der Waals surface area contributed by atoms with Gasteiger partial charge in [-0.2, -0.15) is 5.10 Å². The zero-order valence-corrected chi connectivity index (χ0v) is 14.8. The molecule has 0 radical (unpaired) electrons. The first-order valence-electron chi connectivity index (χ1n) is 7.29. The van der Waals surface area contributed by atoms with Crippen LogP contribution in [-0.2, 0) is 9.59 Å². The summed E-state index contributed by atoms with van der Waals surface area (Å²) in [7, 11) is 1.44. The Morgan fingerprint density at radius 2 is 1.92 bits per heavy atom. The second-order valence-corrected chi connectivity index (χ2v) is 5.79. The van der Waals surface area contributed by atoms with E-state index in [1.54, 1.807) is 11.5 Å². The van der Waals surface area contributed by atoms with Crippen LogP contribution in [0.25, 0.3) is 0 Å². The molecule has 9 heteroatoms. The summed E-state index contributed by atoms with van der Waals surface area (Å²) in [5.74, 6) is -0.364. The maximum atomic E-state index is 11.6. The maximum Gasteiger partial charge on any atom is 0.243 e. The number of hydrogen-bond acceptors (Lipinski definition) is 6. The minimum absolute atomic E-state index is 0.000408. The Hall–Kier alpha value is -2.13. The lowest BCUT2D eigenvalue weighted by Crippen LogP contribution is -2.18. The van der Waals surface area contributed by atoms with Crippen molar-refractivity contribution in [1.82, 2.24) is 10.9 Å². The van der Waals surface area contributed by atoms with Gasteiger partial charge in [-0.1, -0.05) is 6.42 Å². The summed E-state index contributed by atoms with van der Waals surface area (Å²) in [6, 6.07) is 3.06. The third kappa shape index (κ3) is 6.97. The number of ether oxygens (including phenoxy) is 1. The van der Waals surface area contributed by atoms with Gasteiger partial charge in [0, 0.05) is 22.9 Å². The van der Waals surface area contributed by atoms with Gasteiger partial charge in [0.1, 0.15) is 0 Å². The molecule has 0 saturated carbocycles. The van der Waals surface area contributed by atoms with Crippen molar-refractivity contribution >= 4 is 34.0 Å². The number of unbranched alkanes of at least 4 members (excludes halogenated alkanes) is 2. The third-order valence-electron chi connectivity index (χ3n) is 3.12. The second kappa shape index (κ2) is 10.6. The molecule has 1 rings (SSSR count). The van der Waals surface area contributed by atoms with E-state index < -0.39 is 5.91 Å². The average molecular weight is 402 g/mol. The van der Waals surface area contributed by atoms with Crippen LogP contribution in [0, 0.1) is 0 Å². The maximum absolute atomic E-state index is 11.6. The lowest BCUT2D eigenvalue weighted by atomic mass is 10.1. The number of phenolic OH excluding ortho intramolecular Hbond substituents is 1. The summed E-state index contributed by atoms with van der Waals surface area (Å²) in [5, 5.41) is 21.8. The molecule has 0 fully saturated rings. The summed E-state index contributed by atoms with van der Waals surface area (Å²) < 4.78 is 5.62. The summed E-state index contributed by atoms with van der Waals surface area (Å²) in [4.78, 5) is 22.4. The van der Waals surface area contributed by atoms with Gasteiger partial charge in [-0.25, -0.2) is 10.9 Å². The van der Waals surface area contributed by atoms with Crippen LogP contribution in [-0.4, -0.2) is 35.5 Å². The van der Waals surface area contributed by atoms with E-state index in [1.165, 1.54) is 19.4 Å². The fraction of sp³-hybridized carbons (Fsp3) is 0.400. The van der Waals surface area contributed by atoms with Gasteiger partial charge in [-0.05, 0) is 40.9 Å². The molecular weight excluding hydrogens is 382 g/mol. The number of nitrogens with one attached hydrogen (secondary N) is 2. The molecule has 0 heterocycles.